The molecule has 1 heterocycles. The van der Waals surface area contributed by atoms with Crippen LogP contribution in [-0.2, 0) is 16.5 Å². The van der Waals surface area contributed by atoms with Gasteiger partial charge in [-0.15, -0.1) is 0 Å². The Hall–Kier alpha value is -2.12. The lowest BCUT2D eigenvalue weighted by Crippen LogP contribution is -2.10. The monoisotopic (exact) mass is 422 g/mol. The molecule has 0 N–H and O–H groups in total. The fraction of sp³-hybridized carbons (Fsp3) is 0.167. The van der Waals surface area contributed by atoms with Gasteiger partial charge in [-0.2, -0.15) is 8.42 Å². The van der Waals surface area contributed by atoms with E-state index in [4.69, 9.17) is 8.60 Å². The smallest absolute Gasteiger partial charge is 0.340 e. The van der Waals surface area contributed by atoms with Gasteiger partial charge in [-0.3, -0.25) is 0 Å². The molecule has 5 nitrogen and oxygen atoms in total. The maximum absolute atomic E-state index is 12.5. The summed E-state index contributed by atoms with van der Waals surface area (Å²) in [7, 11) is -4.01. The van der Waals surface area contributed by atoms with Crippen LogP contribution < -0.4 is 9.81 Å². The number of halogens is 1. The van der Waals surface area contributed by atoms with Gasteiger partial charge < -0.3 is 8.60 Å². The minimum atomic E-state index is -4.01. The Morgan fingerprint density at radius 3 is 2.60 bits per heavy atom. The van der Waals surface area contributed by atoms with Crippen LogP contribution >= 0.6 is 15.9 Å². The molecule has 0 amide bonds. The van der Waals surface area contributed by atoms with E-state index in [1.165, 1.54) is 18.2 Å². The van der Waals surface area contributed by atoms with Crippen LogP contribution in [-0.4, -0.2) is 8.42 Å². The second kappa shape index (κ2) is 7.01. The van der Waals surface area contributed by atoms with Crippen molar-refractivity contribution in [3.8, 4) is 5.75 Å². The molecular formula is C18H15BrO5S. The molecule has 0 saturated carbocycles. The summed E-state index contributed by atoms with van der Waals surface area (Å²) in [5.41, 5.74) is 0.700. The molecule has 130 valence electrons. The summed E-state index contributed by atoms with van der Waals surface area (Å²) >= 11 is 3.20. The van der Waals surface area contributed by atoms with Crippen molar-refractivity contribution >= 4 is 37.0 Å². The number of hydrogen-bond acceptors (Lipinski definition) is 5. The summed E-state index contributed by atoms with van der Waals surface area (Å²) in [6.07, 6.45) is 1.62. The minimum absolute atomic E-state index is 0.0243. The summed E-state index contributed by atoms with van der Waals surface area (Å²) in [5, 5.41) is 0.770. The highest BCUT2D eigenvalue weighted by Gasteiger charge is 2.20. The van der Waals surface area contributed by atoms with Crippen LogP contribution in [0.1, 0.15) is 18.9 Å². The zero-order chi connectivity index (χ0) is 18.0. The van der Waals surface area contributed by atoms with Crippen LogP contribution in [0.3, 0.4) is 0 Å². The Balaban J connectivity index is 2.03. The van der Waals surface area contributed by atoms with Gasteiger partial charge >= 0.3 is 15.7 Å². The van der Waals surface area contributed by atoms with Gasteiger partial charge in [0.05, 0.1) is 0 Å². The first kappa shape index (κ1) is 17.7. The number of rotatable bonds is 5. The molecule has 0 aliphatic carbocycles. The number of hydrogen-bond donors (Lipinski definition) is 0. The summed E-state index contributed by atoms with van der Waals surface area (Å²) in [6, 6.07) is 12.5. The molecule has 3 rings (SSSR count). The lowest BCUT2D eigenvalue weighted by Gasteiger charge is -2.10. The average Bonchev–Trinajstić information content (AvgIpc) is 2.54. The summed E-state index contributed by atoms with van der Waals surface area (Å²) in [6.45, 7) is 2.02. The summed E-state index contributed by atoms with van der Waals surface area (Å²) < 4.78 is 35.7. The molecule has 3 aromatic rings. The average molecular weight is 423 g/mol. The van der Waals surface area contributed by atoms with Crippen LogP contribution in [0.2, 0.25) is 0 Å². The predicted octanol–water partition coefficient (Wildman–Crippen LogP) is 4.28. The normalized spacial score (nSPS) is 11.6. The Kier molecular flexibility index (Phi) is 4.96. The van der Waals surface area contributed by atoms with Gasteiger partial charge in [-0.05, 0) is 52.2 Å². The van der Waals surface area contributed by atoms with Gasteiger partial charge in [0.1, 0.15) is 16.2 Å². The lowest BCUT2D eigenvalue weighted by molar-refractivity contribution is 0.484. The molecule has 0 radical (unpaired) electrons. The van der Waals surface area contributed by atoms with Crippen LogP contribution in [0.15, 0.2) is 67.1 Å². The topological polar surface area (TPSA) is 73.6 Å². The predicted molar refractivity (Wildman–Crippen MR) is 98.4 cm³/mol. The number of benzene rings is 2. The molecule has 0 atom stereocenters. The molecule has 0 bridgehead atoms. The SMILES string of the molecule is CCCc1cc(=O)oc2cc(OS(=O)(=O)c3ccccc3Br)ccc12. The second-order valence-corrected chi connectivity index (χ2v) is 7.84. The zero-order valence-electron chi connectivity index (χ0n) is 13.4. The van der Waals surface area contributed by atoms with Crippen molar-refractivity contribution in [2.45, 2.75) is 24.7 Å². The highest BCUT2D eigenvalue weighted by molar-refractivity contribution is 9.10. The van der Waals surface area contributed by atoms with Crippen LogP contribution in [0.25, 0.3) is 11.0 Å². The van der Waals surface area contributed by atoms with Crippen LogP contribution in [0.4, 0.5) is 0 Å². The van der Waals surface area contributed by atoms with E-state index in [1.807, 2.05) is 6.92 Å². The maximum Gasteiger partial charge on any atom is 0.340 e. The molecule has 0 saturated heterocycles. The third-order valence-electron chi connectivity index (χ3n) is 3.63. The first-order valence-corrected chi connectivity index (χ1v) is 9.86. The molecule has 2 aromatic carbocycles. The van der Waals surface area contributed by atoms with Crippen molar-refractivity contribution in [1.82, 2.24) is 0 Å². The standard InChI is InChI=1S/C18H15BrO5S/c1-2-5-12-10-18(20)23-16-11-13(8-9-14(12)16)24-25(21,22)17-7-4-3-6-15(17)19/h3-4,6-11H,2,5H2,1H3. The summed E-state index contributed by atoms with van der Waals surface area (Å²) in [5.74, 6) is 0.0834. The molecule has 0 aliphatic heterocycles. The van der Waals surface area contributed by atoms with Gasteiger partial charge in [0.2, 0.25) is 0 Å². The van der Waals surface area contributed by atoms with E-state index in [0.29, 0.717) is 10.1 Å². The number of fused-ring (bicyclic) bond motifs is 1. The first-order chi connectivity index (χ1) is 11.9. The molecule has 7 heteroatoms. The van der Waals surface area contributed by atoms with Crippen molar-refractivity contribution in [3.05, 3.63) is 69.0 Å². The maximum atomic E-state index is 12.5. The van der Waals surface area contributed by atoms with Crippen molar-refractivity contribution in [1.29, 1.82) is 0 Å². The molecule has 0 aliphatic rings. The van der Waals surface area contributed by atoms with Crippen molar-refractivity contribution in [2.24, 2.45) is 0 Å². The fourth-order valence-corrected chi connectivity index (χ4v) is 4.44. The van der Waals surface area contributed by atoms with Gasteiger partial charge in [0.25, 0.3) is 0 Å². The van der Waals surface area contributed by atoms with E-state index in [2.05, 4.69) is 15.9 Å². The molecule has 1 aromatic heterocycles. The van der Waals surface area contributed by atoms with Crippen molar-refractivity contribution in [2.75, 3.05) is 0 Å². The third kappa shape index (κ3) is 3.77. The van der Waals surface area contributed by atoms with E-state index in [0.717, 1.165) is 23.8 Å². The van der Waals surface area contributed by atoms with E-state index in [-0.39, 0.29) is 10.6 Å². The van der Waals surface area contributed by atoms with E-state index < -0.39 is 15.7 Å². The second-order valence-electron chi connectivity index (χ2n) is 5.47. The van der Waals surface area contributed by atoms with Crippen LogP contribution in [0.5, 0.6) is 5.75 Å². The third-order valence-corrected chi connectivity index (χ3v) is 5.89. The lowest BCUT2D eigenvalue weighted by atomic mass is 10.1. The summed E-state index contributed by atoms with van der Waals surface area (Å²) in [4.78, 5) is 11.7. The van der Waals surface area contributed by atoms with Crippen LogP contribution in [0, 0.1) is 0 Å². The Morgan fingerprint density at radius 1 is 1.12 bits per heavy atom. The van der Waals surface area contributed by atoms with Crippen molar-refractivity contribution in [3.63, 3.8) is 0 Å². The molecule has 0 spiro atoms. The van der Waals surface area contributed by atoms with Gasteiger partial charge in [-0.1, -0.05) is 25.5 Å². The van der Waals surface area contributed by atoms with E-state index >= 15 is 0 Å². The van der Waals surface area contributed by atoms with Gasteiger partial charge in [-0.25, -0.2) is 4.79 Å². The molecular weight excluding hydrogens is 408 g/mol. The molecule has 0 fully saturated rings. The largest absolute Gasteiger partial charge is 0.423 e. The highest BCUT2D eigenvalue weighted by Crippen LogP contribution is 2.28. The zero-order valence-corrected chi connectivity index (χ0v) is 15.8. The van der Waals surface area contributed by atoms with E-state index in [1.54, 1.807) is 30.3 Å². The highest BCUT2D eigenvalue weighted by atomic mass is 79.9. The molecule has 0 unspecified atom stereocenters. The quantitative estimate of drug-likeness (QED) is 0.453. The Morgan fingerprint density at radius 2 is 1.88 bits per heavy atom. The first-order valence-electron chi connectivity index (χ1n) is 7.66. The van der Waals surface area contributed by atoms with Crippen molar-refractivity contribution < 1.29 is 17.0 Å². The van der Waals surface area contributed by atoms with E-state index in [9.17, 15) is 13.2 Å². The number of aryl methyl sites for hydroxylation is 1. The Labute approximate surface area is 153 Å². The van der Waals surface area contributed by atoms with Gasteiger partial charge in [0.15, 0.2) is 0 Å². The fourth-order valence-electron chi connectivity index (χ4n) is 2.56. The van der Waals surface area contributed by atoms with Gasteiger partial charge in [0, 0.05) is 22.0 Å². The Bertz CT molecular complexity index is 1090. The minimum Gasteiger partial charge on any atom is -0.423 e. The molecule has 25 heavy (non-hydrogen) atoms.